The number of aromatic nitrogens is 6. The average molecular weight is 486 g/mol. The number of thioether (sulfide) groups is 1. The third-order valence-corrected chi connectivity index (χ3v) is 5.72. The number of carbonyl (C=O) groups excluding carboxylic acids is 2. The molecule has 2 N–H and O–H groups in total. The van der Waals surface area contributed by atoms with Crippen LogP contribution in [0.25, 0.3) is 16.9 Å². The van der Waals surface area contributed by atoms with Crippen LogP contribution >= 0.6 is 11.8 Å². The Labute approximate surface area is 198 Å². The van der Waals surface area contributed by atoms with Gasteiger partial charge in [-0.3, -0.25) is 4.79 Å². The summed E-state index contributed by atoms with van der Waals surface area (Å²) in [6, 6.07) is 0. The Bertz CT molecular complexity index is 1430. The molecule has 4 aromatic rings. The van der Waals surface area contributed by atoms with Crippen molar-refractivity contribution >= 4 is 46.4 Å². The van der Waals surface area contributed by atoms with Crippen molar-refractivity contribution in [1.29, 1.82) is 0 Å². The van der Waals surface area contributed by atoms with Crippen LogP contribution in [0.3, 0.4) is 0 Å². The quantitative estimate of drug-likeness (QED) is 0.301. The molecule has 4 heterocycles. The molecule has 0 unspecified atom stereocenters. The molecule has 0 spiro atoms. The molecule has 34 heavy (non-hydrogen) atoms. The van der Waals surface area contributed by atoms with Crippen molar-refractivity contribution in [1.82, 2.24) is 29.5 Å². The van der Waals surface area contributed by atoms with Crippen molar-refractivity contribution in [3.8, 4) is 0 Å². The fraction of sp³-hybridized carbons (Fsp3) is 0.381. The second kappa shape index (κ2) is 9.25. The topological polar surface area (TPSA) is 161 Å². The summed E-state index contributed by atoms with van der Waals surface area (Å²) in [5, 5.41) is 5.25. The smallest absolute Gasteiger partial charge is 0.342 e. The third-order valence-electron chi connectivity index (χ3n) is 5.18. The van der Waals surface area contributed by atoms with E-state index < -0.39 is 11.9 Å². The molecule has 4 rings (SSSR count). The van der Waals surface area contributed by atoms with Crippen LogP contribution in [-0.2, 0) is 27.3 Å². The van der Waals surface area contributed by atoms with Crippen LogP contribution < -0.4 is 5.73 Å². The summed E-state index contributed by atoms with van der Waals surface area (Å²) in [5.74, 6) is -0.0949. The van der Waals surface area contributed by atoms with Gasteiger partial charge in [-0.2, -0.15) is 9.97 Å². The highest BCUT2D eigenvalue weighted by molar-refractivity contribution is 7.98. The molecule has 0 fully saturated rings. The Morgan fingerprint density at radius 3 is 2.59 bits per heavy atom. The fourth-order valence-corrected chi connectivity index (χ4v) is 3.91. The van der Waals surface area contributed by atoms with Gasteiger partial charge < -0.3 is 19.6 Å². The Morgan fingerprint density at radius 1 is 1.12 bits per heavy atom. The molecule has 0 bridgehead atoms. The van der Waals surface area contributed by atoms with Gasteiger partial charge in [0.2, 0.25) is 10.9 Å². The lowest BCUT2D eigenvalue weighted by Crippen LogP contribution is -2.14. The maximum Gasteiger partial charge on any atom is 0.342 e. The number of rotatable bonds is 7. The molecule has 12 nitrogen and oxygen atoms in total. The van der Waals surface area contributed by atoms with Gasteiger partial charge in [-0.15, -0.1) is 5.10 Å². The van der Waals surface area contributed by atoms with E-state index in [2.05, 4.69) is 25.0 Å². The number of anilines is 1. The SMILES string of the molecule is CCOC(=O)c1c(C)oc2nc(COC(=O)Cc3c(C)nc4nc(SC)nn4c3C)nc(N)c12. The van der Waals surface area contributed by atoms with E-state index >= 15 is 0 Å². The molecule has 0 aromatic carbocycles. The average Bonchev–Trinajstić information content (AvgIpc) is 3.35. The number of esters is 2. The van der Waals surface area contributed by atoms with Crippen molar-refractivity contribution in [2.45, 2.75) is 45.9 Å². The van der Waals surface area contributed by atoms with Gasteiger partial charge in [-0.05, 0) is 34.0 Å². The molecular weight excluding hydrogens is 462 g/mol. The maximum absolute atomic E-state index is 12.6. The summed E-state index contributed by atoms with van der Waals surface area (Å²) in [6.45, 7) is 6.95. The largest absolute Gasteiger partial charge is 0.462 e. The number of carbonyl (C=O) groups is 2. The van der Waals surface area contributed by atoms with Crippen molar-refractivity contribution < 1.29 is 23.5 Å². The molecule has 0 aliphatic rings. The van der Waals surface area contributed by atoms with E-state index in [0.717, 1.165) is 5.69 Å². The normalized spacial score (nSPS) is 11.3. The second-order valence-electron chi connectivity index (χ2n) is 7.37. The van der Waals surface area contributed by atoms with Crippen LogP contribution in [0, 0.1) is 20.8 Å². The van der Waals surface area contributed by atoms with Crippen LogP contribution in [0.15, 0.2) is 9.57 Å². The zero-order valence-corrected chi connectivity index (χ0v) is 20.1. The number of nitrogens with zero attached hydrogens (tertiary/aromatic N) is 6. The van der Waals surface area contributed by atoms with Gasteiger partial charge in [0.1, 0.15) is 17.1 Å². The lowest BCUT2D eigenvalue weighted by Gasteiger charge is -2.10. The molecule has 0 radical (unpaired) electrons. The van der Waals surface area contributed by atoms with Gasteiger partial charge in [0, 0.05) is 17.0 Å². The fourth-order valence-electron chi connectivity index (χ4n) is 3.57. The predicted octanol–water partition coefficient (Wildman–Crippen LogP) is 2.35. The number of hydrogen-bond acceptors (Lipinski definition) is 12. The van der Waals surface area contributed by atoms with E-state index in [0.29, 0.717) is 28.0 Å². The van der Waals surface area contributed by atoms with Crippen LogP contribution in [0.4, 0.5) is 5.82 Å². The summed E-state index contributed by atoms with van der Waals surface area (Å²) >= 11 is 1.41. The molecule has 0 aliphatic carbocycles. The standard InChI is InChI=1S/C21H23N7O5S/c1-6-31-19(30)15-11(4)33-18-16(15)17(22)24-13(25-18)8-32-14(29)7-12-9(2)23-20-26-21(34-5)27-28(20)10(12)3/h6-8H2,1-5H3,(H2,22,24,25). The maximum atomic E-state index is 12.6. The molecule has 0 saturated heterocycles. The highest BCUT2D eigenvalue weighted by Gasteiger charge is 2.24. The van der Waals surface area contributed by atoms with E-state index in [1.54, 1.807) is 25.3 Å². The molecule has 0 aliphatic heterocycles. The van der Waals surface area contributed by atoms with Gasteiger partial charge in [0.25, 0.3) is 5.78 Å². The highest BCUT2D eigenvalue weighted by atomic mass is 32.2. The van der Waals surface area contributed by atoms with Gasteiger partial charge >= 0.3 is 11.9 Å². The highest BCUT2D eigenvalue weighted by Crippen LogP contribution is 2.29. The van der Waals surface area contributed by atoms with Crippen molar-refractivity contribution in [3.05, 3.63) is 34.1 Å². The van der Waals surface area contributed by atoms with Crippen LogP contribution in [0.1, 0.15) is 45.8 Å². The van der Waals surface area contributed by atoms with Crippen LogP contribution in [0.5, 0.6) is 0 Å². The number of fused-ring (bicyclic) bond motifs is 2. The predicted molar refractivity (Wildman–Crippen MR) is 122 cm³/mol. The molecular formula is C21H23N7O5S. The van der Waals surface area contributed by atoms with Gasteiger partial charge in [-0.1, -0.05) is 11.8 Å². The van der Waals surface area contributed by atoms with E-state index in [1.807, 2.05) is 13.2 Å². The summed E-state index contributed by atoms with van der Waals surface area (Å²) < 4.78 is 17.6. The number of nitrogen functional groups attached to an aromatic ring is 1. The summed E-state index contributed by atoms with van der Waals surface area (Å²) in [6.07, 6.45) is 1.86. The minimum atomic E-state index is -0.568. The van der Waals surface area contributed by atoms with E-state index in [1.165, 1.54) is 11.8 Å². The Kier molecular flexibility index (Phi) is 6.37. The number of hydrogen-bond donors (Lipinski definition) is 1. The zero-order chi connectivity index (χ0) is 24.6. The van der Waals surface area contributed by atoms with Gasteiger partial charge in [0.05, 0.1) is 18.4 Å². The molecule has 0 atom stereocenters. The first-order valence-electron chi connectivity index (χ1n) is 10.4. The van der Waals surface area contributed by atoms with Crippen LogP contribution in [0.2, 0.25) is 0 Å². The van der Waals surface area contributed by atoms with Crippen molar-refractivity contribution in [3.63, 3.8) is 0 Å². The molecule has 13 heteroatoms. The number of ether oxygens (including phenoxy) is 2. The monoisotopic (exact) mass is 485 g/mol. The third kappa shape index (κ3) is 4.25. The molecule has 178 valence electrons. The van der Waals surface area contributed by atoms with Gasteiger partial charge in [-0.25, -0.2) is 19.3 Å². The van der Waals surface area contributed by atoms with Gasteiger partial charge in [0.15, 0.2) is 12.4 Å². The Balaban J connectivity index is 1.52. The number of nitrogens with two attached hydrogens (primary N) is 1. The first kappa shape index (κ1) is 23.4. The number of furan rings is 1. The molecule has 4 aromatic heterocycles. The summed E-state index contributed by atoms with van der Waals surface area (Å²) in [5.41, 5.74) is 8.49. The van der Waals surface area contributed by atoms with E-state index in [-0.39, 0.29) is 47.9 Å². The minimum Gasteiger partial charge on any atom is -0.462 e. The zero-order valence-electron chi connectivity index (χ0n) is 19.3. The first-order valence-corrected chi connectivity index (χ1v) is 11.6. The summed E-state index contributed by atoms with van der Waals surface area (Å²) in [7, 11) is 0. The second-order valence-corrected chi connectivity index (χ2v) is 8.14. The number of aryl methyl sites for hydroxylation is 3. The molecule has 0 amide bonds. The lowest BCUT2D eigenvalue weighted by atomic mass is 10.1. The van der Waals surface area contributed by atoms with Crippen molar-refractivity contribution in [2.75, 3.05) is 18.6 Å². The minimum absolute atomic E-state index is 0.0142. The Morgan fingerprint density at radius 2 is 1.88 bits per heavy atom. The summed E-state index contributed by atoms with van der Waals surface area (Å²) in [4.78, 5) is 42.0. The Hall–Kier alpha value is -3.74. The molecule has 0 saturated carbocycles. The lowest BCUT2D eigenvalue weighted by molar-refractivity contribution is -0.144. The van der Waals surface area contributed by atoms with Crippen LogP contribution in [-0.4, -0.2) is 54.4 Å². The van der Waals surface area contributed by atoms with E-state index in [9.17, 15) is 9.59 Å². The first-order chi connectivity index (χ1) is 16.2. The van der Waals surface area contributed by atoms with Crippen molar-refractivity contribution in [2.24, 2.45) is 0 Å². The van der Waals surface area contributed by atoms with E-state index in [4.69, 9.17) is 19.6 Å².